The maximum atomic E-state index is 9.40. The molecular weight excluding hydrogens is 310 g/mol. The number of rotatable bonds is 7. The molecule has 2 N–H and O–H groups in total. The maximum absolute atomic E-state index is 9.40. The maximum Gasteiger partial charge on any atom is 0.110 e. The highest BCUT2D eigenvalue weighted by atomic mass is 16.3. The van der Waals surface area contributed by atoms with E-state index >= 15 is 0 Å². The summed E-state index contributed by atoms with van der Waals surface area (Å²) in [5.41, 5.74) is 3.54. The van der Waals surface area contributed by atoms with Gasteiger partial charge in [0.1, 0.15) is 5.82 Å². The number of imidazole rings is 1. The third-order valence-corrected chi connectivity index (χ3v) is 4.57. The lowest BCUT2D eigenvalue weighted by molar-refractivity contribution is 0.260. The minimum Gasteiger partial charge on any atom is -0.396 e. The predicted octanol–water partition coefficient (Wildman–Crippen LogP) is 3.96. The molecule has 0 spiro atoms. The third kappa shape index (κ3) is 4.16. The van der Waals surface area contributed by atoms with Crippen LogP contribution in [-0.4, -0.2) is 21.3 Å². The smallest absolute Gasteiger partial charge is 0.110 e. The van der Waals surface area contributed by atoms with Crippen LogP contribution in [0, 0.1) is 6.92 Å². The lowest BCUT2D eigenvalue weighted by Gasteiger charge is -2.24. The first-order valence-corrected chi connectivity index (χ1v) is 8.71. The van der Waals surface area contributed by atoms with Gasteiger partial charge in [-0.3, -0.25) is 0 Å². The molecule has 0 saturated heterocycles. The fourth-order valence-electron chi connectivity index (χ4n) is 3.13. The number of benzene rings is 2. The predicted molar refractivity (Wildman–Crippen MR) is 101 cm³/mol. The molecule has 1 heterocycles. The molecule has 0 radical (unpaired) electrons. The van der Waals surface area contributed by atoms with Crippen LogP contribution in [0.2, 0.25) is 0 Å². The first-order chi connectivity index (χ1) is 12.2. The summed E-state index contributed by atoms with van der Waals surface area (Å²) in [5, 5.41) is 13.0. The van der Waals surface area contributed by atoms with E-state index in [0.717, 1.165) is 11.5 Å². The molecule has 1 unspecified atom stereocenters. The monoisotopic (exact) mass is 335 g/mol. The number of hydrogen-bond acceptors (Lipinski definition) is 3. The summed E-state index contributed by atoms with van der Waals surface area (Å²) in [5.74, 6) is 0.978. The zero-order valence-corrected chi connectivity index (χ0v) is 14.8. The van der Waals surface area contributed by atoms with Crippen LogP contribution in [-0.2, 0) is 0 Å². The number of aliphatic hydroxyl groups is 1. The summed E-state index contributed by atoms with van der Waals surface area (Å²) in [6.45, 7) is 4.32. The topological polar surface area (TPSA) is 50.1 Å². The molecule has 0 aliphatic rings. The Morgan fingerprint density at radius 3 is 2.36 bits per heavy atom. The van der Waals surface area contributed by atoms with Gasteiger partial charge in [0.15, 0.2) is 0 Å². The normalized spacial score (nSPS) is 13.6. The molecule has 2 atom stereocenters. The van der Waals surface area contributed by atoms with E-state index in [2.05, 4.69) is 58.2 Å². The minimum atomic E-state index is 0.136. The highest BCUT2D eigenvalue weighted by molar-refractivity contribution is 5.37. The molecule has 0 saturated carbocycles. The lowest BCUT2D eigenvalue weighted by atomic mass is 10.0. The van der Waals surface area contributed by atoms with Crippen molar-refractivity contribution in [1.82, 2.24) is 14.9 Å². The number of nitrogens with zero attached hydrogens (tertiary/aromatic N) is 2. The van der Waals surface area contributed by atoms with E-state index in [4.69, 9.17) is 0 Å². The Bertz CT molecular complexity index is 780. The van der Waals surface area contributed by atoms with E-state index in [0.29, 0.717) is 6.42 Å². The van der Waals surface area contributed by atoms with Crippen LogP contribution in [0.1, 0.15) is 42.4 Å². The van der Waals surface area contributed by atoms with Crippen LogP contribution >= 0.6 is 0 Å². The molecule has 0 bridgehead atoms. The molecule has 130 valence electrons. The van der Waals surface area contributed by atoms with Gasteiger partial charge in [0, 0.05) is 36.8 Å². The molecule has 0 aliphatic carbocycles. The summed E-state index contributed by atoms with van der Waals surface area (Å²) in [7, 11) is 0. The van der Waals surface area contributed by atoms with Crippen molar-refractivity contribution < 1.29 is 5.11 Å². The first-order valence-electron chi connectivity index (χ1n) is 8.71. The Morgan fingerprint density at radius 1 is 1.04 bits per heavy atom. The molecule has 0 aliphatic heterocycles. The van der Waals surface area contributed by atoms with Crippen molar-refractivity contribution >= 4 is 0 Å². The Hall–Kier alpha value is -2.43. The highest BCUT2D eigenvalue weighted by Crippen LogP contribution is 2.23. The zero-order valence-electron chi connectivity index (χ0n) is 14.8. The summed E-state index contributed by atoms with van der Waals surface area (Å²) < 4.78 is 2.07. The van der Waals surface area contributed by atoms with Crippen molar-refractivity contribution in [1.29, 1.82) is 0 Å². The SMILES string of the molecule is Cc1nccn1-c1ccc(C(C)N[C@H](CCO)c2ccccc2)cc1. The number of aliphatic hydroxyl groups excluding tert-OH is 1. The van der Waals surface area contributed by atoms with Gasteiger partial charge in [-0.1, -0.05) is 42.5 Å². The van der Waals surface area contributed by atoms with Gasteiger partial charge in [-0.05, 0) is 43.5 Å². The van der Waals surface area contributed by atoms with Crippen molar-refractivity contribution in [3.05, 3.63) is 83.9 Å². The zero-order chi connectivity index (χ0) is 17.6. The standard InChI is InChI=1S/C21H25N3O/c1-16(23-21(12-15-25)19-6-4-3-5-7-19)18-8-10-20(11-9-18)24-14-13-22-17(24)2/h3-11,13-14,16,21,23,25H,12,15H2,1-2H3/t16?,21-/m1/s1. The molecule has 3 rings (SSSR count). The van der Waals surface area contributed by atoms with Gasteiger partial charge in [0.05, 0.1) is 0 Å². The van der Waals surface area contributed by atoms with E-state index in [1.165, 1.54) is 11.1 Å². The van der Waals surface area contributed by atoms with Crippen LogP contribution in [0.4, 0.5) is 0 Å². The fraction of sp³-hybridized carbons (Fsp3) is 0.286. The average Bonchev–Trinajstić information content (AvgIpc) is 3.08. The van der Waals surface area contributed by atoms with Gasteiger partial charge in [0.2, 0.25) is 0 Å². The molecule has 1 aromatic heterocycles. The van der Waals surface area contributed by atoms with Crippen molar-refractivity contribution in [3.8, 4) is 5.69 Å². The molecular formula is C21H25N3O. The molecule has 2 aromatic carbocycles. The third-order valence-electron chi connectivity index (χ3n) is 4.57. The van der Waals surface area contributed by atoms with Crippen LogP contribution in [0.15, 0.2) is 67.0 Å². The second kappa shape index (κ2) is 8.10. The molecule has 4 nitrogen and oxygen atoms in total. The molecule has 4 heteroatoms. The van der Waals surface area contributed by atoms with E-state index in [1.807, 2.05) is 37.5 Å². The molecule has 0 fully saturated rings. The highest BCUT2D eigenvalue weighted by Gasteiger charge is 2.15. The number of hydrogen-bond donors (Lipinski definition) is 2. The summed E-state index contributed by atoms with van der Waals surface area (Å²) >= 11 is 0. The van der Waals surface area contributed by atoms with E-state index in [-0.39, 0.29) is 18.7 Å². The quantitative estimate of drug-likeness (QED) is 0.687. The van der Waals surface area contributed by atoms with Crippen LogP contribution < -0.4 is 5.32 Å². The van der Waals surface area contributed by atoms with E-state index in [9.17, 15) is 5.11 Å². The Labute approximate surface area is 149 Å². The molecule has 0 amide bonds. The summed E-state index contributed by atoms with van der Waals surface area (Å²) in [6.07, 6.45) is 4.48. The van der Waals surface area contributed by atoms with Gasteiger partial charge < -0.3 is 15.0 Å². The van der Waals surface area contributed by atoms with Crippen LogP contribution in [0.5, 0.6) is 0 Å². The van der Waals surface area contributed by atoms with E-state index < -0.39 is 0 Å². The number of aromatic nitrogens is 2. The van der Waals surface area contributed by atoms with Crippen molar-refractivity contribution in [2.45, 2.75) is 32.4 Å². The largest absolute Gasteiger partial charge is 0.396 e. The Balaban J connectivity index is 1.73. The number of aryl methyl sites for hydroxylation is 1. The van der Waals surface area contributed by atoms with Crippen molar-refractivity contribution in [3.63, 3.8) is 0 Å². The van der Waals surface area contributed by atoms with Gasteiger partial charge in [0.25, 0.3) is 0 Å². The Kier molecular flexibility index (Phi) is 5.64. The van der Waals surface area contributed by atoms with Gasteiger partial charge in [-0.2, -0.15) is 0 Å². The summed E-state index contributed by atoms with van der Waals surface area (Å²) in [4.78, 5) is 4.27. The first kappa shape index (κ1) is 17.4. The second-order valence-corrected chi connectivity index (χ2v) is 6.30. The second-order valence-electron chi connectivity index (χ2n) is 6.30. The van der Waals surface area contributed by atoms with Gasteiger partial charge >= 0.3 is 0 Å². The molecule has 3 aromatic rings. The fourth-order valence-corrected chi connectivity index (χ4v) is 3.13. The average molecular weight is 335 g/mol. The van der Waals surface area contributed by atoms with Crippen LogP contribution in [0.25, 0.3) is 5.69 Å². The summed E-state index contributed by atoms with van der Waals surface area (Å²) in [6, 6.07) is 19.1. The van der Waals surface area contributed by atoms with Crippen LogP contribution in [0.3, 0.4) is 0 Å². The van der Waals surface area contributed by atoms with E-state index in [1.54, 1.807) is 0 Å². The minimum absolute atomic E-state index is 0.136. The van der Waals surface area contributed by atoms with Gasteiger partial charge in [-0.25, -0.2) is 4.98 Å². The van der Waals surface area contributed by atoms with Crippen molar-refractivity contribution in [2.24, 2.45) is 0 Å². The number of nitrogens with one attached hydrogen (secondary N) is 1. The Morgan fingerprint density at radius 2 is 1.76 bits per heavy atom. The van der Waals surface area contributed by atoms with Gasteiger partial charge in [-0.15, -0.1) is 0 Å². The molecule has 25 heavy (non-hydrogen) atoms. The lowest BCUT2D eigenvalue weighted by Crippen LogP contribution is -2.25. The van der Waals surface area contributed by atoms with Crippen molar-refractivity contribution in [2.75, 3.05) is 6.61 Å².